The van der Waals surface area contributed by atoms with Crippen LogP contribution in [-0.4, -0.2) is 30.4 Å². The summed E-state index contributed by atoms with van der Waals surface area (Å²) in [6, 6.07) is 14.6. The number of hydrogen-bond acceptors (Lipinski definition) is 3. The highest BCUT2D eigenvalue weighted by Gasteiger charge is 2.09. The number of benzene rings is 2. The first kappa shape index (κ1) is 18.3. The van der Waals surface area contributed by atoms with E-state index in [-0.39, 0.29) is 19.2 Å². The predicted molar refractivity (Wildman–Crippen MR) is 98.5 cm³/mol. The molecule has 0 saturated heterocycles. The fourth-order valence-corrected chi connectivity index (χ4v) is 2.37. The number of hydrogen-bond donors (Lipinski definition) is 3. The molecule has 0 bridgehead atoms. The third kappa shape index (κ3) is 5.86. The van der Waals surface area contributed by atoms with E-state index in [1.165, 1.54) is 0 Å². The minimum Gasteiger partial charge on any atom is -0.491 e. The number of anilines is 1. The van der Waals surface area contributed by atoms with E-state index in [0.29, 0.717) is 5.75 Å². The number of aliphatic hydroxyl groups excluding tert-OH is 1. The van der Waals surface area contributed by atoms with Crippen LogP contribution in [0.25, 0.3) is 0 Å². The lowest BCUT2D eigenvalue weighted by Crippen LogP contribution is -2.37. The summed E-state index contributed by atoms with van der Waals surface area (Å²) in [5.41, 5.74) is 1.84. The SMILES string of the molecule is CCc1ccccc1NC(=O)NCC(O)COc1ccc(Br)cc1. The molecule has 0 spiro atoms. The summed E-state index contributed by atoms with van der Waals surface area (Å²) in [7, 11) is 0. The van der Waals surface area contributed by atoms with Gasteiger partial charge < -0.3 is 20.5 Å². The van der Waals surface area contributed by atoms with Gasteiger partial charge >= 0.3 is 6.03 Å². The number of halogens is 1. The average molecular weight is 393 g/mol. The topological polar surface area (TPSA) is 70.6 Å². The number of ether oxygens (including phenoxy) is 1. The molecule has 0 saturated carbocycles. The third-order valence-electron chi connectivity index (χ3n) is 3.40. The predicted octanol–water partition coefficient (Wildman–Crippen LogP) is 3.57. The highest BCUT2D eigenvalue weighted by atomic mass is 79.9. The van der Waals surface area contributed by atoms with Crippen LogP contribution in [0.4, 0.5) is 10.5 Å². The molecule has 0 aliphatic carbocycles. The van der Waals surface area contributed by atoms with Gasteiger partial charge in [0.25, 0.3) is 0 Å². The fraction of sp³-hybridized carbons (Fsp3) is 0.278. The molecule has 6 heteroatoms. The Kier molecular flexibility index (Phi) is 7.08. The van der Waals surface area contributed by atoms with Crippen LogP contribution in [0.5, 0.6) is 5.75 Å². The normalized spacial score (nSPS) is 11.6. The maximum atomic E-state index is 11.9. The van der Waals surface area contributed by atoms with Crippen molar-refractivity contribution < 1.29 is 14.6 Å². The Bertz CT molecular complexity index is 662. The molecule has 1 unspecified atom stereocenters. The first-order valence-corrected chi connectivity index (χ1v) is 8.57. The van der Waals surface area contributed by atoms with Crippen molar-refractivity contribution in [2.75, 3.05) is 18.5 Å². The molecule has 0 aromatic heterocycles. The molecule has 0 aliphatic heterocycles. The molecule has 128 valence electrons. The Hall–Kier alpha value is -2.05. The summed E-state index contributed by atoms with van der Waals surface area (Å²) in [5, 5.41) is 15.3. The van der Waals surface area contributed by atoms with Gasteiger partial charge in [0.1, 0.15) is 18.5 Å². The van der Waals surface area contributed by atoms with Crippen molar-refractivity contribution in [1.29, 1.82) is 0 Å². The van der Waals surface area contributed by atoms with Crippen molar-refractivity contribution in [1.82, 2.24) is 5.32 Å². The van der Waals surface area contributed by atoms with Gasteiger partial charge in [-0.3, -0.25) is 0 Å². The quantitative estimate of drug-likeness (QED) is 0.674. The second kappa shape index (κ2) is 9.30. The van der Waals surface area contributed by atoms with Crippen LogP contribution in [0, 0.1) is 0 Å². The van der Waals surface area contributed by atoms with Crippen LogP contribution < -0.4 is 15.4 Å². The Balaban J connectivity index is 1.73. The third-order valence-corrected chi connectivity index (χ3v) is 3.93. The van der Waals surface area contributed by atoms with Crippen LogP contribution in [0.15, 0.2) is 53.0 Å². The second-order valence-corrected chi connectivity index (χ2v) is 6.18. The summed E-state index contributed by atoms with van der Waals surface area (Å²) in [4.78, 5) is 11.9. The average Bonchev–Trinajstić information content (AvgIpc) is 2.60. The lowest BCUT2D eigenvalue weighted by molar-refractivity contribution is 0.108. The molecular weight excluding hydrogens is 372 g/mol. The number of nitrogens with one attached hydrogen (secondary N) is 2. The van der Waals surface area contributed by atoms with E-state index in [2.05, 4.69) is 26.6 Å². The highest BCUT2D eigenvalue weighted by Crippen LogP contribution is 2.16. The molecule has 2 rings (SSSR count). The first-order chi connectivity index (χ1) is 11.6. The molecule has 3 N–H and O–H groups in total. The van der Waals surface area contributed by atoms with Gasteiger partial charge in [0.15, 0.2) is 0 Å². The van der Waals surface area contributed by atoms with E-state index in [1.54, 1.807) is 12.1 Å². The van der Waals surface area contributed by atoms with Crippen molar-refractivity contribution in [3.63, 3.8) is 0 Å². The van der Waals surface area contributed by atoms with E-state index in [1.807, 2.05) is 43.3 Å². The maximum absolute atomic E-state index is 11.9. The lowest BCUT2D eigenvalue weighted by atomic mass is 10.1. The number of carbonyl (C=O) groups is 1. The van der Waals surface area contributed by atoms with Crippen LogP contribution in [0.2, 0.25) is 0 Å². The van der Waals surface area contributed by atoms with Gasteiger partial charge in [0.2, 0.25) is 0 Å². The molecule has 0 fully saturated rings. The van der Waals surface area contributed by atoms with Gasteiger partial charge in [-0.15, -0.1) is 0 Å². The van der Waals surface area contributed by atoms with Gasteiger partial charge in [-0.2, -0.15) is 0 Å². The van der Waals surface area contributed by atoms with Gasteiger partial charge in [0.05, 0.1) is 0 Å². The van der Waals surface area contributed by atoms with Crippen LogP contribution >= 0.6 is 15.9 Å². The molecule has 2 aromatic rings. The number of para-hydroxylation sites is 1. The molecule has 0 aliphatic rings. The van der Waals surface area contributed by atoms with Crippen molar-refractivity contribution in [3.05, 3.63) is 58.6 Å². The summed E-state index contributed by atoms with van der Waals surface area (Å²) in [5.74, 6) is 0.665. The number of carbonyl (C=O) groups excluding carboxylic acids is 1. The molecule has 1 atom stereocenters. The zero-order valence-electron chi connectivity index (χ0n) is 13.5. The van der Waals surface area contributed by atoms with Crippen molar-refractivity contribution >= 4 is 27.6 Å². The van der Waals surface area contributed by atoms with Crippen molar-refractivity contribution in [2.24, 2.45) is 0 Å². The number of amides is 2. The monoisotopic (exact) mass is 392 g/mol. The van der Waals surface area contributed by atoms with E-state index in [0.717, 1.165) is 22.1 Å². The molecule has 0 heterocycles. The number of urea groups is 1. The van der Waals surface area contributed by atoms with Gasteiger partial charge in [-0.05, 0) is 42.3 Å². The molecule has 2 aromatic carbocycles. The summed E-state index contributed by atoms with van der Waals surface area (Å²) >= 11 is 3.34. The van der Waals surface area contributed by atoms with E-state index in [4.69, 9.17) is 4.74 Å². The molecule has 24 heavy (non-hydrogen) atoms. The summed E-state index contributed by atoms with van der Waals surface area (Å²) < 4.78 is 6.43. The Morgan fingerprint density at radius 1 is 1.21 bits per heavy atom. The molecule has 5 nitrogen and oxygen atoms in total. The first-order valence-electron chi connectivity index (χ1n) is 7.77. The smallest absolute Gasteiger partial charge is 0.319 e. The fourth-order valence-electron chi connectivity index (χ4n) is 2.11. The zero-order chi connectivity index (χ0) is 17.4. The minimum atomic E-state index is -0.791. The van der Waals surface area contributed by atoms with Crippen LogP contribution in [0.1, 0.15) is 12.5 Å². The second-order valence-electron chi connectivity index (χ2n) is 5.26. The Morgan fingerprint density at radius 3 is 2.62 bits per heavy atom. The number of rotatable bonds is 7. The lowest BCUT2D eigenvalue weighted by Gasteiger charge is -2.15. The number of aryl methyl sites for hydroxylation is 1. The van der Waals surface area contributed by atoms with Crippen molar-refractivity contribution in [3.8, 4) is 5.75 Å². The summed E-state index contributed by atoms with van der Waals surface area (Å²) in [6.07, 6.45) is 0.0425. The van der Waals surface area contributed by atoms with E-state index >= 15 is 0 Å². The van der Waals surface area contributed by atoms with E-state index < -0.39 is 6.10 Å². The Morgan fingerprint density at radius 2 is 1.92 bits per heavy atom. The minimum absolute atomic E-state index is 0.105. The van der Waals surface area contributed by atoms with Gasteiger partial charge in [-0.1, -0.05) is 41.1 Å². The zero-order valence-corrected chi connectivity index (χ0v) is 15.0. The van der Waals surface area contributed by atoms with Crippen LogP contribution in [0.3, 0.4) is 0 Å². The van der Waals surface area contributed by atoms with Gasteiger partial charge in [-0.25, -0.2) is 4.79 Å². The van der Waals surface area contributed by atoms with Crippen LogP contribution in [-0.2, 0) is 6.42 Å². The molecular formula is C18H21BrN2O3. The number of aliphatic hydroxyl groups is 1. The summed E-state index contributed by atoms with van der Waals surface area (Å²) in [6.45, 7) is 2.24. The van der Waals surface area contributed by atoms with E-state index in [9.17, 15) is 9.90 Å². The maximum Gasteiger partial charge on any atom is 0.319 e. The van der Waals surface area contributed by atoms with Gasteiger partial charge in [0, 0.05) is 16.7 Å². The largest absolute Gasteiger partial charge is 0.491 e. The Labute approximate surface area is 150 Å². The standard InChI is InChI=1S/C18H21BrN2O3/c1-2-13-5-3-4-6-17(13)21-18(23)20-11-15(22)12-24-16-9-7-14(19)8-10-16/h3-10,15,22H,2,11-12H2,1H3,(H2,20,21,23). The van der Waals surface area contributed by atoms with Crippen molar-refractivity contribution in [2.45, 2.75) is 19.4 Å². The highest BCUT2D eigenvalue weighted by molar-refractivity contribution is 9.10. The molecule has 0 radical (unpaired) electrons. The molecule has 2 amide bonds.